The van der Waals surface area contributed by atoms with Crippen LogP contribution in [-0.4, -0.2) is 24.4 Å². The van der Waals surface area contributed by atoms with Crippen molar-refractivity contribution >= 4 is 0 Å². The van der Waals surface area contributed by atoms with E-state index in [1.165, 1.54) is 5.56 Å². The molecule has 1 aromatic carbocycles. The molecule has 0 aromatic heterocycles. The van der Waals surface area contributed by atoms with Crippen molar-refractivity contribution in [1.82, 2.24) is 5.32 Å². The number of aliphatic hydroxyl groups is 1. The third-order valence-electron chi connectivity index (χ3n) is 2.68. The summed E-state index contributed by atoms with van der Waals surface area (Å²) in [6.07, 6.45) is 1.95. The molecule has 0 saturated carbocycles. The van der Waals surface area contributed by atoms with Crippen LogP contribution in [0.5, 0.6) is 5.75 Å². The van der Waals surface area contributed by atoms with Gasteiger partial charge in [-0.15, -0.1) is 0 Å². The van der Waals surface area contributed by atoms with Crippen molar-refractivity contribution in [2.24, 2.45) is 0 Å². The second-order valence-corrected chi connectivity index (χ2v) is 4.16. The van der Waals surface area contributed by atoms with E-state index in [1.807, 2.05) is 18.2 Å². The van der Waals surface area contributed by atoms with Crippen molar-refractivity contribution in [1.29, 1.82) is 0 Å². The summed E-state index contributed by atoms with van der Waals surface area (Å²) in [6.45, 7) is 5.86. The van der Waals surface area contributed by atoms with Gasteiger partial charge in [0.15, 0.2) is 0 Å². The maximum atomic E-state index is 9.09. The fourth-order valence-corrected chi connectivity index (χ4v) is 1.57. The minimum atomic E-state index is 0.176. The van der Waals surface area contributed by atoms with Crippen LogP contribution in [0.15, 0.2) is 24.3 Å². The average Bonchev–Trinajstić information content (AvgIpc) is 2.38. The van der Waals surface area contributed by atoms with E-state index in [-0.39, 0.29) is 12.6 Å². The molecule has 96 valence electrons. The molecule has 0 fully saturated rings. The normalized spacial score (nSPS) is 12.4. The molecule has 0 amide bonds. The molecular weight excluding hydrogens is 214 g/mol. The van der Waals surface area contributed by atoms with Crippen molar-refractivity contribution in [3.63, 3.8) is 0 Å². The van der Waals surface area contributed by atoms with Crippen LogP contribution in [0.25, 0.3) is 0 Å². The highest BCUT2D eigenvalue weighted by Crippen LogP contribution is 2.13. The Balaban J connectivity index is 2.47. The first-order chi connectivity index (χ1) is 8.30. The molecule has 0 bridgehead atoms. The van der Waals surface area contributed by atoms with Crippen LogP contribution in [0.1, 0.15) is 32.3 Å². The molecule has 0 aliphatic carbocycles. The Kier molecular flexibility index (Phi) is 6.67. The van der Waals surface area contributed by atoms with Crippen molar-refractivity contribution in [3.8, 4) is 5.75 Å². The lowest BCUT2D eigenvalue weighted by atomic mass is 10.2. The molecule has 0 heterocycles. The Morgan fingerprint density at radius 3 is 2.82 bits per heavy atom. The van der Waals surface area contributed by atoms with E-state index in [9.17, 15) is 0 Å². The number of hydrogen-bond donors (Lipinski definition) is 2. The largest absolute Gasteiger partial charge is 0.494 e. The van der Waals surface area contributed by atoms with E-state index in [0.29, 0.717) is 0 Å². The fraction of sp³-hybridized carbons (Fsp3) is 0.571. The lowest BCUT2D eigenvalue weighted by Gasteiger charge is -2.14. The number of nitrogens with one attached hydrogen (secondary N) is 1. The smallest absolute Gasteiger partial charge is 0.119 e. The van der Waals surface area contributed by atoms with Crippen molar-refractivity contribution < 1.29 is 9.84 Å². The zero-order valence-corrected chi connectivity index (χ0v) is 10.8. The van der Waals surface area contributed by atoms with Crippen molar-refractivity contribution in [3.05, 3.63) is 29.8 Å². The van der Waals surface area contributed by atoms with Gasteiger partial charge in [-0.25, -0.2) is 0 Å². The Labute approximate surface area is 104 Å². The summed E-state index contributed by atoms with van der Waals surface area (Å²) in [7, 11) is 0. The van der Waals surface area contributed by atoms with Gasteiger partial charge in [-0.05, 0) is 30.5 Å². The topological polar surface area (TPSA) is 41.5 Å². The Morgan fingerprint density at radius 1 is 1.35 bits per heavy atom. The van der Waals surface area contributed by atoms with E-state index in [2.05, 4.69) is 25.2 Å². The van der Waals surface area contributed by atoms with Gasteiger partial charge in [0.25, 0.3) is 0 Å². The van der Waals surface area contributed by atoms with Gasteiger partial charge in [-0.3, -0.25) is 0 Å². The maximum Gasteiger partial charge on any atom is 0.119 e. The van der Waals surface area contributed by atoms with Gasteiger partial charge in [-0.2, -0.15) is 0 Å². The number of ether oxygens (including phenoxy) is 1. The molecule has 0 radical (unpaired) electrons. The van der Waals surface area contributed by atoms with Crippen molar-refractivity contribution in [2.45, 2.75) is 39.3 Å². The van der Waals surface area contributed by atoms with Crippen LogP contribution in [0.2, 0.25) is 0 Å². The standard InChI is InChI=1S/C14H23NO2/c1-3-8-17-14-7-5-6-12(9-14)10-15-13(4-2)11-16/h5-7,9,13,15-16H,3-4,8,10-11H2,1-2H3/t13-/m0/s1. The third-order valence-corrected chi connectivity index (χ3v) is 2.68. The monoisotopic (exact) mass is 237 g/mol. The molecule has 0 unspecified atom stereocenters. The van der Waals surface area contributed by atoms with E-state index < -0.39 is 0 Å². The van der Waals surface area contributed by atoms with E-state index in [0.717, 1.165) is 31.7 Å². The maximum absolute atomic E-state index is 9.09. The quantitative estimate of drug-likeness (QED) is 0.729. The molecule has 1 atom stereocenters. The molecule has 0 spiro atoms. The van der Waals surface area contributed by atoms with Gasteiger partial charge < -0.3 is 15.2 Å². The SMILES string of the molecule is CCCOc1cccc(CN[C@@H](CC)CO)c1. The highest BCUT2D eigenvalue weighted by molar-refractivity contribution is 5.28. The molecule has 3 nitrogen and oxygen atoms in total. The summed E-state index contributed by atoms with van der Waals surface area (Å²) in [5.74, 6) is 0.920. The summed E-state index contributed by atoms with van der Waals surface area (Å²) in [5.41, 5.74) is 1.19. The van der Waals surface area contributed by atoms with Gasteiger partial charge in [0, 0.05) is 12.6 Å². The lowest BCUT2D eigenvalue weighted by molar-refractivity contribution is 0.238. The van der Waals surface area contributed by atoms with Gasteiger partial charge in [0.2, 0.25) is 0 Å². The van der Waals surface area contributed by atoms with E-state index in [1.54, 1.807) is 0 Å². The molecule has 2 N–H and O–H groups in total. The Hall–Kier alpha value is -1.06. The van der Waals surface area contributed by atoms with Gasteiger partial charge in [-0.1, -0.05) is 26.0 Å². The highest BCUT2D eigenvalue weighted by Gasteiger charge is 2.03. The number of rotatable bonds is 8. The zero-order valence-electron chi connectivity index (χ0n) is 10.8. The first kappa shape index (κ1) is 14.0. The van der Waals surface area contributed by atoms with Crippen LogP contribution in [-0.2, 0) is 6.54 Å². The molecule has 1 rings (SSSR count). The predicted octanol–water partition coefficient (Wildman–Crippen LogP) is 2.34. The van der Waals surface area contributed by atoms with Crippen LogP contribution < -0.4 is 10.1 Å². The minimum absolute atomic E-state index is 0.176. The van der Waals surface area contributed by atoms with Gasteiger partial charge in [0.05, 0.1) is 13.2 Å². The predicted molar refractivity (Wildman–Crippen MR) is 70.2 cm³/mol. The average molecular weight is 237 g/mol. The summed E-state index contributed by atoms with van der Waals surface area (Å²) < 4.78 is 5.58. The zero-order chi connectivity index (χ0) is 12.5. The summed E-state index contributed by atoms with van der Waals surface area (Å²) in [6, 6.07) is 8.27. The summed E-state index contributed by atoms with van der Waals surface area (Å²) in [5, 5.41) is 12.4. The minimum Gasteiger partial charge on any atom is -0.494 e. The van der Waals surface area contributed by atoms with Gasteiger partial charge >= 0.3 is 0 Å². The van der Waals surface area contributed by atoms with Crippen LogP contribution in [0.3, 0.4) is 0 Å². The third kappa shape index (κ3) is 5.20. The number of hydrogen-bond acceptors (Lipinski definition) is 3. The first-order valence-electron chi connectivity index (χ1n) is 6.36. The Bertz CT molecular complexity index is 311. The van der Waals surface area contributed by atoms with Crippen LogP contribution in [0, 0.1) is 0 Å². The molecule has 1 aromatic rings. The molecule has 0 saturated heterocycles. The second kappa shape index (κ2) is 8.09. The van der Waals surface area contributed by atoms with Crippen LogP contribution >= 0.6 is 0 Å². The van der Waals surface area contributed by atoms with Crippen molar-refractivity contribution in [2.75, 3.05) is 13.2 Å². The summed E-state index contributed by atoms with van der Waals surface area (Å²) in [4.78, 5) is 0. The molecule has 3 heteroatoms. The van der Waals surface area contributed by atoms with E-state index in [4.69, 9.17) is 9.84 Å². The molecule has 0 aliphatic rings. The second-order valence-electron chi connectivity index (χ2n) is 4.16. The first-order valence-corrected chi connectivity index (χ1v) is 6.36. The summed E-state index contributed by atoms with van der Waals surface area (Å²) >= 11 is 0. The van der Waals surface area contributed by atoms with E-state index >= 15 is 0 Å². The molecule has 0 aliphatic heterocycles. The molecule has 17 heavy (non-hydrogen) atoms. The van der Waals surface area contributed by atoms with Crippen LogP contribution in [0.4, 0.5) is 0 Å². The fourth-order valence-electron chi connectivity index (χ4n) is 1.57. The number of benzene rings is 1. The Morgan fingerprint density at radius 2 is 2.18 bits per heavy atom. The lowest BCUT2D eigenvalue weighted by Crippen LogP contribution is -2.31. The number of aliphatic hydroxyl groups excluding tert-OH is 1. The molecular formula is C14H23NO2. The highest BCUT2D eigenvalue weighted by atomic mass is 16.5. The van der Waals surface area contributed by atoms with Gasteiger partial charge in [0.1, 0.15) is 5.75 Å².